The van der Waals surface area contributed by atoms with Crippen LogP contribution in [0.25, 0.3) is 0 Å². The van der Waals surface area contributed by atoms with Crippen molar-refractivity contribution in [3.8, 4) is 5.75 Å². The average molecular weight is 509 g/mol. The van der Waals surface area contributed by atoms with Crippen LogP contribution < -0.4 is 15.8 Å². The SMILES string of the molecule is C=C1CC(Oc2ccc(C(=N)c3cc(C(=O)NC(c4ccccc4)C4CC4)ccc3N)cc2)CC(C)N1C. The van der Waals surface area contributed by atoms with E-state index in [0.29, 0.717) is 34.3 Å². The molecule has 0 bridgehead atoms. The first-order valence-corrected chi connectivity index (χ1v) is 13.3. The largest absolute Gasteiger partial charge is 0.490 e. The van der Waals surface area contributed by atoms with Gasteiger partial charge in [0.25, 0.3) is 5.91 Å². The Labute approximate surface area is 225 Å². The van der Waals surface area contributed by atoms with Crippen LogP contribution in [0, 0.1) is 11.3 Å². The molecule has 6 heteroatoms. The maximum Gasteiger partial charge on any atom is 0.251 e. The minimum absolute atomic E-state index is 0.0126. The lowest BCUT2D eigenvalue weighted by molar-refractivity contribution is 0.0931. The quantitative estimate of drug-likeness (QED) is 0.259. The number of nitrogen functional groups attached to an aromatic ring is 1. The summed E-state index contributed by atoms with van der Waals surface area (Å²) in [5, 5.41) is 12.0. The summed E-state index contributed by atoms with van der Waals surface area (Å²) in [6, 6.07) is 23.2. The number of benzene rings is 3. The first-order valence-electron chi connectivity index (χ1n) is 13.3. The molecule has 6 nitrogen and oxygen atoms in total. The molecule has 1 aliphatic heterocycles. The number of nitrogens with one attached hydrogen (secondary N) is 2. The van der Waals surface area contributed by atoms with E-state index < -0.39 is 0 Å². The number of nitrogens with two attached hydrogens (primary N) is 1. The van der Waals surface area contributed by atoms with Crippen LogP contribution >= 0.6 is 0 Å². The molecule has 3 unspecified atom stereocenters. The summed E-state index contributed by atoms with van der Waals surface area (Å²) in [5.41, 5.74) is 10.9. The summed E-state index contributed by atoms with van der Waals surface area (Å²) in [7, 11) is 2.07. The van der Waals surface area contributed by atoms with E-state index in [4.69, 9.17) is 15.9 Å². The van der Waals surface area contributed by atoms with Gasteiger partial charge < -0.3 is 20.7 Å². The van der Waals surface area contributed by atoms with Crippen LogP contribution in [0.15, 0.2) is 85.1 Å². The lowest BCUT2D eigenvalue weighted by Crippen LogP contribution is -2.40. The third kappa shape index (κ3) is 5.59. The Morgan fingerprint density at radius 3 is 2.42 bits per heavy atom. The van der Waals surface area contributed by atoms with Gasteiger partial charge in [0.1, 0.15) is 11.9 Å². The smallest absolute Gasteiger partial charge is 0.251 e. The van der Waals surface area contributed by atoms with Gasteiger partial charge in [-0.05, 0) is 73.7 Å². The number of carbonyl (C=O) groups excluding carboxylic acids is 1. The second kappa shape index (κ2) is 10.7. The highest BCUT2D eigenvalue weighted by Gasteiger charge is 2.33. The van der Waals surface area contributed by atoms with E-state index in [1.165, 1.54) is 0 Å². The number of rotatable bonds is 8. The highest BCUT2D eigenvalue weighted by molar-refractivity contribution is 6.14. The summed E-state index contributed by atoms with van der Waals surface area (Å²) in [6.07, 6.45) is 4.05. The van der Waals surface area contributed by atoms with Gasteiger partial charge in [0, 0.05) is 54.0 Å². The Morgan fingerprint density at radius 1 is 1.08 bits per heavy atom. The van der Waals surface area contributed by atoms with Crippen LogP contribution in [-0.4, -0.2) is 35.7 Å². The van der Waals surface area contributed by atoms with Crippen LogP contribution in [0.3, 0.4) is 0 Å². The first-order chi connectivity index (χ1) is 18.3. The van der Waals surface area contributed by atoms with Gasteiger partial charge in [-0.25, -0.2) is 0 Å². The molecule has 3 aromatic rings. The van der Waals surface area contributed by atoms with Gasteiger partial charge in [0.15, 0.2) is 0 Å². The fraction of sp³-hybridized carbons (Fsp3) is 0.312. The average Bonchev–Trinajstić information content (AvgIpc) is 3.76. The topological polar surface area (TPSA) is 91.4 Å². The van der Waals surface area contributed by atoms with Crippen molar-refractivity contribution in [3.63, 3.8) is 0 Å². The minimum Gasteiger partial charge on any atom is -0.490 e. The van der Waals surface area contributed by atoms with Crippen LogP contribution in [0.1, 0.15) is 65.7 Å². The van der Waals surface area contributed by atoms with Crippen LogP contribution in [0.4, 0.5) is 5.69 Å². The second-order valence-electron chi connectivity index (χ2n) is 10.6. The highest BCUT2D eigenvalue weighted by atomic mass is 16.5. The molecule has 2 aliphatic rings. The molecule has 4 N–H and O–H groups in total. The van der Waals surface area contributed by atoms with Crippen molar-refractivity contribution in [3.05, 3.63) is 107 Å². The Hall–Kier alpha value is -4.06. The molecular weight excluding hydrogens is 472 g/mol. The standard InChI is InChI=1S/C32H36N4O2/c1-20-17-27(18-21(2)36(20)3)38-26-14-11-22(12-15-26)30(34)28-19-25(13-16-29(28)33)32(37)35-31(24-9-10-24)23-7-5-4-6-8-23/h4-8,11-16,19,21,24,27,31,34H,1,9-10,17-18,33H2,2-3H3,(H,35,37). The number of anilines is 1. The van der Waals surface area contributed by atoms with E-state index in [1.54, 1.807) is 18.2 Å². The van der Waals surface area contributed by atoms with Crippen molar-refractivity contribution in [2.24, 2.45) is 5.92 Å². The summed E-state index contributed by atoms with van der Waals surface area (Å²) in [5.74, 6) is 1.08. The van der Waals surface area contributed by atoms with Gasteiger partial charge in [0.05, 0.1) is 11.8 Å². The fourth-order valence-electron chi connectivity index (χ4n) is 5.18. The molecule has 2 fully saturated rings. The molecule has 0 spiro atoms. The Kier molecular flexibility index (Phi) is 7.23. The molecule has 5 rings (SSSR count). The molecule has 1 saturated carbocycles. The number of ether oxygens (including phenoxy) is 1. The van der Waals surface area contributed by atoms with Crippen LogP contribution in [0.2, 0.25) is 0 Å². The Bertz CT molecular complexity index is 1330. The zero-order valence-corrected chi connectivity index (χ0v) is 22.1. The molecule has 1 amide bonds. The van der Waals surface area contributed by atoms with Gasteiger partial charge in [-0.2, -0.15) is 0 Å². The molecule has 0 aromatic heterocycles. The summed E-state index contributed by atoms with van der Waals surface area (Å²) < 4.78 is 6.22. The number of hydrogen-bond donors (Lipinski definition) is 3. The van der Waals surface area contributed by atoms with E-state index in [0.717, 1.165) is 42.7 Å². The summed E-state index contributed by atoms with van der Waals surface area (Å²) in [4.78, 5) is 15.4. The third-order valence-corrected chi connectivity index (χ3v) is 7.80. The molecule has 196 valence electrons. The summed E-state index contributed by atoms with van der Waals surface area (Å²) in [6.45, 7) is 6.33. The normalized spacial score (nSPS) is 20.1. The number of amides is 1. The monoisotopic (exact) mass is 508 g/mol. The Balaban J connectivity index is 1.28. The third-order valence-electron chi connectivity index (χ3n) is 7.80. The molecule has 3 aromatic carbocycles. The lowest BCUT2D eigenvalue weighted by Gasteiger charge is -2.38. The van der Waals surface area contributed by atoms with Gasteiger partial charge >= 0.3 is 0 Å². The number of hydrogen-bond acceptors (Lipinski definition) is 5. The number of nitrogens with zero attached hydrogens (tertiary/aromatic N) is 1. The molecule has 3 atom stereocenters. The number of piperidine rings is 1. The highest BCUT2D eigenvalue weighted by Crippen LogP contribution is 2.41. The van der Waals surface area contributed by atoms with E-state index in [-0.39, 0.29) is 23.8 Å². The van der Waals surface area contributed by atoms with Crippen molar-refractivity contribution in [1.82, 2.24) is 10.2 Å². The molecule has 1 aliphatic carbocycles. The molecule has 38 heavy (non-hydrogen) atoms. The molecule has 1 saturated heterocycles. The minimum atomic E-state index is -0.155. The fourth-order valence-corrected chi connectivity index (χ4v) is 5.18. The van der Waals surface area contributed by atoms with Gasteiger partial charge in [0.2, 0.25) is 0 Å². The maximum absolute atomic E-state index is 13.2. The van der Waals surface area contributed by atoms with Crippen molar-refractivity contribution in [2.45, 2.75) is 50.8 Å². The van der Waals surface area contributed by atoms with Crippen molar-refractivity contribution < 1.29 is 9.53 Å². The predicted molar refractivity (Wildman–Crippen MR) is 153 cm³/mol. The van der Waals surface area contributed by atoms with Gasteiger partial charge in [-0.3, -0.25) is 10.2 Å². The number of likely N-dealkylation sites (tertiary alicyclic amines) is 1. The zero-order valence-electron chi connectivity index (χ0n) is 22.1. The van der Waals surface area contributed by atoms with E-state index in [1.807, 2.05) is 42.5 Å². The summed E-state index contributed by atoms with van der Waals surface area (Å²) >= 11 is 0. The molecular formula is C32H36N4O2. The van der Waals surface area contributed by atoms with Crippen molar-refractivity contribution >= 4 is 17.3 Å². The number of carbonyl (C=O) groups is 1. The van der Waals surface area contributed by atoms with E-state index in [2.05, 4.69) is 42.9 Å². The van der Waals surface area contributed by atoms with Crippen molar-refractivity contribution in [1.29, 1.82) is 5.41 Å². The first kappa shape index (κ1) is 25.6. The van der Waals surface area contributed by atoms with Crippen LogP contribution in [-0.2, 0) is 0 Å². The van der Waals surface area contributed by atoms with Gasteiger partial charge in [-0.15, -0.1) is 0 Å². The van der Waals surface area contributed by atoms with Crippen LogP contribution in [0.5, 0.6) is 5.75 Å². The van der Waals surface area contributed by atoms with E-state index >= 15 is 0 Å². The van der Waals surface area contributed by atoms with Crippen molar-refractivity contribution in [2.75, 3.05) is 12.8 Å². The molecule has 1 heterocycles. The maximum atomic E-state index is 13.2. The Morgan fingerprint density at radius 2 is 1.76 bits per heavy atom. The predicted octanol–water partition coefficient (Wildman–Crippen LogP) is 5.94. The molecule has 0 radical (unpaired) electrons. The van der Waals surface area contributed by atoms with Gasteiger partial charge in [-0.1, -0.05) is 36.9 Å². The second-order valence-corrected chi connectivity index (χ2v) is 10.6. The van der Waals surface area contributed by atoms with E-state index in [9.17, 15) is 4.79 Å². The lowest BCUT2D eigenvalue weighted by atomic mass is 9.97. The zero-order chi connectivity index (χ0) is 26.8.